The van der Waals surface area contributed by atoms with E-state index in [1.54, 1.807) is 6.92 Å². The number of carbonyl (C=O) groups is 1. The van der Waals surface area contributed by atoms with Gasteiger partial charge in [0.1, 0.15) is 12.0 Å². The lowest BCUT2D eigenvalue weighted by Gasteiger charge is -2.08. The number of hydrogen-bond acceptors (Lipinski definition) is 7. The number of rotatable bonds is 5. The highest BCUT2D eigenvalue weighted by Crippen LogP contribution is 2.14. The molecule has 0 aliphatic heterocycles. The SMILES string of the molecule is CCc1cc(=O)oc2nc(O[C@H](C)C#CC(=O)OCc3ccccc3)[nH]c(=O)c12. The van der Waals surface area contributed by atoms with Crippen molar-refractivity contribution in [2.75, 3.05) is 0 Å². The number of carbonyl (C=O) groups excluding carboxylic acids is 1. The van der Waals surface area contributed by atoms with E-state index >= 15 is 0 Å². The molecule has 2 heterocycles. The number of aromatic amines is 1. The Morgan fingerprint density at radius 2 is 2.03 bits per heavy atom. The molecule has 8 heteroatoms. The highest BCUT2D eigenvalue weighted by molar-refractivity contribution is 5.88. The van der Waals surface area contributed by atoms with Crippen molar-refractivity contribution in [1.29, 1.82) is 0 Å². The molecule has 0 fully saturated rings. The average Bonchev–Trinajstić information content (AvgIpc) is 2.70. The summed E-state index contributed by atoms with van der Waals surface area (Å²) in [6.45, 7) is 3.49. The maximum absolute atomic E-state index is 12.3. The van der Waals surface area contributed by atoms with Crippen LogP contribution in [0, 0.1) is 11.8 Å². The lowest BCUT2D eigenvalue weighted by molar-refractivity contribution is -0.137. The number of aryl methyl sites for hydroxylation is 1. The molecular formula is C21H18N2O6. The van der Waals surface area contributed by atoms with E-state index in [1.807, 2.05) is 37.3 Å². The minimum atomic E-state index is -0.777. The molecule has 0 amide bonds. The molecule has 148 valence electrons. The minimum absolute atomic E-state index is 0.113. The van der Waals surface area contributed by atoms with Gasteiger partial charge in [0, 0.05) is 12.0 Å². The number of benzene rings is 1. The van der Waals surface area contributed by atoms with Crippen molar-refractivity contribution < 1.29 is 18.7 Å². The second-order valence-electron chi connectivity index (χ2n) is 6.09. The number of nitrogens with zero attached hydrogens (tertiary/aromatic N) is 1. The number of ether oxygens (including phenoxy) is 2. The fraction of sp³-hybridized carbons (Fsp3) is 0.238. The van der Waals surface area contributed by atoms with Gasteiger partial charge in [0.15, 0.2) is 6.10 Å². The van der Waals surface area contributed by atoms with Crippen molar-refractivity contribution >= 4 is 17.1 Å². The van der Waals surface area contributed by atoms with E-state index in [4.69, 9.17) is 13.9 Å². The molecule has 0 spiro atoms. The van der Waals surface area contributed by atoms with Crippen molar-refractivity contribution in [3.05, 3.63) is 68.3 Å². The monoisotopic (exact) mass is 394 g/mol. The van der Waals surface area contributed by atoms with Crippen molar-refractivity contribution in [2.24, 2.45) is 0 Å². The molecule has 1 aromatic carbocycles. The second kappa shape index (κ2) is 8.89. The van der Waals surface area contributed by atoms with E-state index in [-0.39, 0.29) is 23.7 Å². The second-order valence-corrected chi connectivity index (χ2v) is 6.09. The first-order valence-electron chi connectivity index (χ1n) is 8.92. The average molecular weight is 394 g/mol. The Kier molecular flexibility index (Phi) is 6.09. The Morgan fingerprint density at radius 3 is 2.76 bits per heavy atom. The van der Waals surface area contributed by atoms with E-state index in [0.29, 0.717) is 12.0 Å². The van der Waals surface area contributed by atoms with Crippen LogP contribution in [-0.4, -0.2) is 22.0 Å². The van der Waals surface area contributed by atoms with Gasteiger partial charge in [-0.1, -0.05) is 37.3 Å². The topological polar surface area (TPSA) is 111 Å². The summed E-state index contributed by atoms with van der Waals surface area (Å²) in [6.07, 6.45) is -0.305. The third-order valence-electron chi connectivity index (χ3n) is 3.93. The largest absolute Gasteiger partial charge is 0.451 e. The third kappa shape index (κ3) is 5.11. The molecular weight excluding hydrogens is 376 g/mol. The van der Waals surface area contributed by atoms with Gasteiger partial charge >= 0.3 is 17.6 Å². The first-order chi connectivity index (χ1) is 14.0. The molecule has 0 saturated carbocycles. The van der Waals surface area contributed by atoms with Crippen LogP contribution in [0.25, 0.3) is 11.1 Å². The summed E-state index contributed by atoms with van der Waals surface area (Å²) in [6, 6.07) is 10.3. The highest BCUT2D eigenvalue weighted by atomic mass is 16.5. The van der Waals surface area contributed by atoms with Crippen LogP contribution in [0.2, 0.25) is 0 Å². The fourth-order valence-electron chi connectivity index (χ4n) is 2.58. The molecule has 0 aliphatic rings. The molecule has 29 heavy (non-hydrogen) atoms. The molecule has 1 atom stereocenters. The van der Waals surface area contributed by atoms with Crippen LogP contribution in [0.5, 0.6) is 6.01 Å². The molecule has 0 bridgehead atoms. The molecule has 0 radical (unpaired) electrons. The van der Waals surface area contributed by atoms with Gasteiger partial charge < -0.3 is 13.9 Å². The maximum Gasteiger partial charge on any atom is 0.384 e. The Bertz CT molecular complexity index is 1200. The van der Waals surface area contributed by atoms with Crippen LogP contribution in [0.4, 0.5) is 0 Å². The van der Waals surface area contributed by atoms with E-state index < -0.39 is 23.3 Å². The van der Waals surface area contributed by atoms with Gasteiger partial charge in [0.2, 0.25) is 5.71 Å². The van der Waals surface area contributed by atoms with Gasteiger partial charge in [-0.3, -0.25) is 9.78 Å². The number of hydrogen-bond donors (Lipinski definition) is 1. The van der Waals surface area contributed by atoms with Crippen LogP contribution < -0.4 is 15.9 Å². The van der Waals surface area contributed by atoms with Crippen molar-refractivity contribution in [2.45, 2.75) is 33.0 Å². The molecule has 0 aliphatic carbocycles. The molecule has 0 unspecified atom stereocenters. The first-order valence-corrected chi connectivity index (χ1v) is 8.92. The van der Waals surface area contributed by atoms with E-state index in [2.05, 4.69) is 21.8 Å². The van der Waals surface area contributed by atoms with Crippen molar-refractivity contribution in [3.8, 4) is 17.9 Å². The minimum Gasteiger partial charge on any atom is -0.451 e. The van der Waals surface area contributed by atoms with Gasteiger partial charge in [0.25, 0.3) is 5.56 Å². The smallest absolute Gasteiger partial charge is 0.384 e. The van der Waals surface area contributed by atoms with Gasteiger partial charge in [-0.2, -0.15) is 4.98 Å². The summed E-state index contributed by atoms with van der Waals surface area (Å²) in [5.74, 6) is 4.18. The third-order valence-corrected chi connectivity index (χ3v) is 3.93. The lowest BCUT2D eigenvalue weighted by Crippen LogP contribution is -2.18. The van der Waals surface area contributed by atoms with Crippen LogP contribution in [-0.2, 0) is 22.6 Å². The standard InChI is InChI=1S/C21H18N2O6/c1-3-15-11-17(25)29-20-18(15)19(26)22-21(23-20)28-13(2)9-10-16(24)27-12-14-7-5-4-6-8-14/h4-8,11,13H,3,12H2,1-2H3,(H,22,23,26)/t13-/m1/s1. The van der Waals surface area contributed by atoms with E-state index in [0.717, 1.165) is 5.56 Å². The number of H-pyrrole nitrogens is 1. The molecule has 3 aromatic rings. The Morgan fingerprint density at radius 1 is 1.28 bits per heavy atom. The van der Waals surface area contributed by atoms with Crippen LogP contribution in [0.3, 0.4) is 0 Å². The molecule has 8 nitrogen and oxygen atoms in total. The molecule has 1 N–H and O–H groups in total. The predicted octanol–water partition coefficient (Wildman–Crippen LogP) is 1.95. The number of esters is 1. The van der Waals surface area contributed by atoms with Crippen molar-refractivity contribution in [1.82, 2.24) is 9.97 Å². The van der Waals surface area contributed by atoms with E-state index in [9.17, 15) is 14.4 Å². The fourth-order valence-corrected chi connectivity index (χ4v) is 2.58. The summed E-state index contributed by atoms with van der Waals surface area (Å²) in [5.41, 5.74) is 0.166. The zero-order valence-corrected chi connectivity index (χ0v) is 15.9. The Hall–Kier alpha value is -3.86. The molecule has 3 rings (SSSR count). The molecule has 2 aromatic heterocycles. The Labute approximate surface area is 165 Å². The number of aromatic nitrogens is 2. The predicted molar refractivity (Wildman–Crippen MR) is 104 cm³/mol. The summed E-state index contributed by atoms with van der Waals surface area (Å²) in [5, 5.41) is 0.197. The maximum atomic E-state index is 12.3. The van der Waals surface area contributed by atoms with Crippen LogP contribution in [0.15, 0.2) is 50.4 Å². The van der Waals surface area contributed by atoms with Crippen LogP contribution >= 0.6 is 0 Å². The molecule has 0 saturated heterocycles. The van der Waals surface area contributed by atoms with Gasteiger partial charge in [-0.25, -0.2) is 9.59 Å². The Balaban J connectivity index is 1.69. The lowest BCUT2D eigenvalue weighted by atomic mass is 10.1. The first kappa shape index (κ1) is 19.9. The number of nitrogens with one attached hydrogen (secondary N) is 1. The van der Waals surface area contributed by atoms with Gasteiger partial charge in [-0.15, -0.1) is 0 Å². The number of fused-ring (bicyclic) bond motifs is 1. The summed E-state index contributed by atoms with van der Waals surface area (Å²) in [4.78, 5) is 42.2. The van der Waals surface area contributed by atoms with Crippen LogP contribution in [0.1, 0.15) is 25.0 Å². The van der Waals surface area contributed by atoms with Gasteiger partial charge in [-0.05, 0) is 30.4 Å². The highest BCUT2D eigenvalue weighted by Gasteiger charge is 2.13. The normalized spacial score (nSPS) is 11.4. The van der Waals surface area contributed by atoms with Gasteiger partial charge in [0.05, 0.1) is 0 Å². The summed E-state index contributed by atoms with van der Waals surface area (Å²) >= 11 is 0. The summed E-state index contributed by atoms with van der Waals surface area (Å²) < 4.78 is 15.5. The zero-order valence-electron chi connectivity index (χ0n) is 15.9. The van der Waals surface area contributed by atoms with E-state index in [1.165, 1.54) is 6.07 Å². The van der Waals surface area contributed by atoms with Crippen molar-refractivity contribution in [3.63, 3.8) is 0 Å². The summed E-state index contributed by atoms with van der Waals surface area (Å²) in [7, 11) is 0. The quantitative estimate of drug-likeness (QED) is 0.400. The zero-order chi connectivity index (χ0) is 20.8.